The molecule has 9 heteroatoms. The quantitative estimate of drug-likeness (QED) is 0.454. The molecule has 1 heterocycles. The molecule has 0 unspecified atom stereocenters. The third-order valence-corrected chi connectivity index (χ3v) is 3.26. The van der Waals surface area contributed by atoms with E-state index in [2.05, 4.69) is 9.17 Å². The molecule has 0 atom stereocenters. The summed E-state index contributed by atoms with van der Waals surface area (Å²) in [5, 5.41) is 11.0. The fourth-order valence-electron chi connectivity index (χ4n) is 1.83. The predicted octanol–water partition coefficient (Wildman–Crippen LogP) is 1.43. The second-order valence-corrected chi connectivity index (χ2v) is 5.88. The van der Waals surface area contributed by atoms with Crippen LogP contribution in [0.1, 0.15) is 0 Å². The molecule has 1 aromatic carbocycles. The van der Waals surface area contributed by atoms with E-state index in [0.717, 1.165) is 12.5 Å². The van der Waals surface area contributed by atoms with Crippen molar-refractivity contribution >= 4 is 15.9 Å². The summed E-state index contributed by atoms with van der Waals surface area (Å²) in [6.07, 6.45) is 2.07. The van der Waals surface area contributed by atoms with Crippen LogP contribution in [0.25, 0.3) is 11.4 Å². The Balaban J connectivity index is 2.32. The largest absolute Gasteiger partial charge is 0.358 e. The molecule has 0 aliphatic rings. The average Bonchev–Trinajstić information content (AvgIpc) is 2.82. The molecule has 0 saturated heterocycles. The van der Waals surface area contributed by atoms with Gasteiger partial charge in [-0.3, -0.25) is 4.18 Å². The van der Waals surface area contributed by atoms with Crippen molar-refractivity contribution in [3.63, 3.8) is 0 Å². The normalized spacial score (nSPS) is 11.5. The lowest BCUT2D eigenvalue weighted by Gasteiger charge is -2.05. The van der Waals surface area contributed by atoms with Gasteiger partial charge in [0.25, 0.3) is 10.1 Å². The smallest absolute Gasteiger partial charge is 0.343 e. The fraction of sp³-hybridized carbons (Fsp3) is 0.250. The van der Waals surface area contributed by atoms with Gasteiger partial charge in [-0.05, 0) is 17.1 Å². The van der Waals surface area contributed by atoms with Crippen molar-refractivity contribution in [1.82, 2.24) is 9.55 Å². The topological polar surface area (TPSA) is 104 Å². The number of hydrogen-bond donors (Lipinski definition) is 0. The van der Waals surface area contributed by atoms with Gasteiger partial charge in [0.15, 0.2) is 0 Å². The summed E-state index contributed by atoms with van der Waals surface area (Å²) in [7, 11) is -3.59. The lowest BCUT2D eigenvalue weighted by Crippen LogP contribution is -2.13. The van der Waals surface area contributed by atoms with Crippen molar-refractivity contribution in [2.24, 2.45) is 0 Å². The van der Waals surface area contributed by atoms with Crippen LogP contribution < -0.4 is 0 Å². The maximum atomic E-state index is 11.0. The van der Waals surface area contributed by atoms with Gasteiger partial charge >= 0.3 is 5.82 Å². The molecular weight excluding hydrogens is 298 g/mol. The molecule has 0 amide bonds. The summed E-state index contributed by atoms with van der Waals surface area (Å²) >= 11 is 0. The molecule has 8 nitrogen and oxygen atoms in total. The Labute approximate surface area is 121 Å². The Kier molecular flexibility index (Phi) is 4.34. The molecule has 2 rings (SSSR count). The summed E-state index contributed by atoms with van der Waals surface area (Å²) in [4.78, 5) is 14.5. The first-order valence-corrected chi connectivity index (χ1v) is 7.80. The SMILES string of the molecule is CS(=O)(=O)OCCn1c([N+](=O)[O-])cnc1-c1ccccc1. The van der Waals surface area contributed by atoms with Crippen molar-refractivity contribution in [2.45, 2.75) is 6.54 Å². The van der Waals surface area contributed by atoms with E-state index in [0.29, 0.717) is 11.4 Å². The Morgan fingerprint density at radius 3 is 2.57 bits per heavy atom. The zero-order chi connectivity index (χ0) is 15.5. The van der Waals surface area contributed by atoms with Gasteiger partial charge in [0.05, 0.1) is 6.26 Å². The van der Waals surface area contributed by atoms with E-state index in [1.807, 2.05) is 6.07 Å². The minimum atomic E-state index is -3.59. The van der Waals surface area contributed by atoms with Crippen LogP contribution in [-0.2, 0) is 20.8 Å². The highest BCUT2D eigenvalue weighted by molar-refractivity contribution is 7.85. The van der Waals surface area contributed by atoms with Crippen LogP contribution >= 0.6 is 0 Å². The first-order chi connectivity index (χ1) is 9.88. The number of nitrogens with zero attached hydrogens (tertiary/aromatic N) is 3. The van der Waals surface area contributed by atoms with E-state index >= 15 is 0 Å². The molecule has 0 aliphatic carbocycles. The highest BCUT2D eigenvalue weighted by Gasteiger charge is 2.21. The van der Waals surface area contributed by atoms with Crippen LogP contribution in [0, 0.1) is 10.1 Å². The lowest BCUT2D eigenvalue weighted by molar-refractivity contribution is -0.392. The molecule has 0 saturated carbocycles. The van der Waals surface area contributed by atoms with E-state index in [-0.39, 0.29) is 19.0 Å². The molecule has 0 bridgehead atoms. The minimum absolute atomic E-state index is 0.00755. The zero-order valence-corrected chi connectivity index (χ0v) is 12.0. The van der Waals surface area contributed by atoms with Crippen LogP contribution in [0.2, 0.25) is 0 Å². The van der Waals surface area contributed by atoms with Crippen LogP contribution in [-0.4, -0.2) is 35.8 Å². The molecular formula is C12H13N3O5S. The minimum Gasteiger partial charge on any atom is -0.358 e. The maximum absolute atomic E-state index is 11.0. The van der Waals surface area contributed by atoms with Crippen LogP contribution in [0.4, 0.5) is 5.82 Å². The van der Waals surface area contributed by atoms with Crippen molar-refractivity contribution < 1.29 is 17.5 Å². The summed E-state index contributed by atoms with van der Waals surface area (Å²) in [6, 6.07) is 8.91. The molecule has 2 aromatic rings. The lowest BCUT2D eigenvalue weighted by atomic mass is 10.2. The third kappa shape index (κ3) is 3.86. The Morgan fingerprint density at radius 1 is 1.33 bits per heavy atom. The van der Waals surface area contributed by atoms with Gasteiger partial charge in [-0.15, -0.1) is 0 Å². The summed E-state index contributed by atoms with van der Waals surface area (Å²) in [5.41, 5.74) is 0.699. The number of nitro groups is 1. The van der Waals surface area contributed by atoms with E-state index < -0.39 is 15.0 Å². The van der Waals surface area contributed by atoms with Crippen molar-refractivity contribution in [3.8, 4) is 11.4 Å². The van der Waals surface area contributed by atoms with Gasteiger partial charge in [-0.25, -0.2) is 9.55 Å². The highest BCUT2D eigenvalue weighted by Crippen LogP contribution is 2.23. The monoisotopic (exact) mass is 311 g/mol. The van der Waals surface area contributed by atoms with E-state index in [1.165, 1.54) is 4.57 Å². The summed E-state index contributed by atoms with van der Waals surface area (Å²) in [6.45, 7) is -0.191. The second-order valence-electron chi connectivity index (χ2n) is 4.24. The Bertz CT molecular complexity index is 740. The van der Waals surface area contributed by atoms with Gasteiger partial charge in [0.2, 0.25) is 5.82 Å². The molecule has 0 fully saturated rings. The average molecular weight is 311 g/mol. The zero-order valence-electron chi connectivity index (χ0n) is 11.2. The molecule has 0 aliphatic heterocycles. The molecule has 1 aromatic heterocycles. The van der Waals surface area contributed by atoms with Crippen molar-refractivity contribution in [1.29, 1.82) is 0 Å². The van der Waals surface area contributed by atoms with Gasteiger partial charge in [0, 0.05) is 5.56 Å². The van der Waals surface area contributed by atoms with Gasteiger partial charge in [0.1, 0.15) is 19.3 Å². The van der Waals surface area contributed by atoms with Crippen molar-refractivity contribution in [3.05, 3.63) is 46.6 Å². The van der Waals surface area contributed by atoms with Crippen LogP contribution in [0.5, 0.6) is 0 Å². The van der Waals surface area contributed by atoms with Crippen molar-refractivity contribution in [2.75, 3.05) is 12.9 Å². The molecule has 112 valence electrons. The van der Waals surface area contributed by atoms with Gasteiger partial charge < -0.3 is 10.1 Å². The standard InChI is InChI=1S/C12H13N3O5S/c1-21(18,19)20-8-7-14-11(15(16)17)9-13-12(14)10-5-3-2-4-6-10/h2-6,9H,7-8H2,1H3. The van der Waals surface area contributed by atoms with E-state index in [1.54, 1.807) is 24.3 Å². The highest BCUT2D eigenvalue weighted by atomic mass is 32.2. The summed E-state index contributed by atoms with van der Waals surface area (Å²) in [5.74, 6) is 0.172. The predicted molar refractivity (Wildman–Crippen MR) is 75.1 cm³/mol. The van der Waals surface area contributed by atoms with E-state index in [9.17, 15) is 18.5 Å². The molecule has 0 radical (unpaired) electrons. The number of hydrogen-bond acceptors (Lipinski definition) is 6. The van der Waals surface area contributed by atoms with E-state index in [4.69, 9.17) is 0 Å². The second kappa shape index (κ2) is 6.02. The van der Waals surface area contributed by atoms with Gasteiger partial charge in [-0.1, -0.05) is 18.2 Å². The fourth-order valence-corrected chi connectivity index (χ4v) is 2.21. The summed E-state index contributed by atoms with van der Waals surface area (Å²) < 4.78 is 27.9. The van der Waals surface area contributed by atoms with Crippen LogP contribution in [0.15, 0.2) is 36.5 Å². The number of benzene rings is 1. The molecule has 21 heavy (non-hydrogen) atoms. The Hall–Kier alpha value is -2.26. The third-order valence-electron chi connectivity index (χ3n) is 2.67. The molecule has 0 spiro atoms. The maximum Gasteiger partial charge on any atom is 0.343 e. The van der Waals surface area contributed by atoms with Gasteiger partial charge in [-0.2, -0.15) is 8.42 Å². The molecule has 0 N–H and O–H groups in total. The first-order valence-electron chi connectivity index (χ1n) is 5.98. The Morgan fingerprint density at radius 2 is 2.00 bits per heavy atom. The number of rotatable bonds is 6. The first kappa shape index (κ1) is 15.1. The van der Waals surface area contributed by atoms with Crippen LogP contribution in [0.3, 0.4) is 0 Å². The number of aromatic nitrogens is 2. The number of imidazole rings is 1.